The van der Waals surface area contributed by atoms with Gasteiger partial charge in [0.05, 0.1) is 19.5 Å². The standard InChI is InChI=1S/C9H5I3O4/c10-4-1-5(11)9(6(12)2-4)16-8(15)3-7(13)14/h1-2H,3H2,(H,13,14)/p-1. The van der Waals surface area contributed by atoms with Crippen LogP contribution >= 0.6 is 67.8 Å². The zero-order chi connectivity index (χ0) is 12.3. The number of halogens is 3. The lowest BCUT2D eigenvalue weighted by atomic mass is 10.3. The fraction of sp³-hybridized carbons (Fsp3) is 0.111. The first-order valence-corrected chi connectivity index (χ1v) is 7.19. The molecule has 0 aliphatic heterocycles. The number of hydrogen-bond acceptors (Lipinski definition) is 4. The van der Waals surface area contributed by atoms with Gasteiger partial charge in [0.15, 0.2) is 5.75 Å². The Labute approximate surface area is 133 Å². The Kier molecular flexibility index (Phi) is 5.70. The summed E-state index contributed by atoms with van der Waals surface area (Å²) in [4.78, 5) is 21.4. The molecule has 0 heterocycles. The predicted molar refractivity (Wildman–Crippen MR) is 79.9 cm³/mol. The Morgan fingerprint density at radius 2 is 1.69 bits per heavy atom. The second kappa shape index (κ2) is 6.33. The molecule has 1 aromatic carbocycles. The molecule has 0 bridgehead atoms. The van der Waals surface area contributed by atoms with Crippen LogP contribution in [0.3, 0.4) is 0 Å². The van der Waals surface area contributed by atoms with Crippen molar-refractivity contribution in [1.29, 1.82) is 0 Å². The normalized spacial score (nSPS) is 9.94. The lowest BCUT2D eigenvalue weighted by Gasteiger charge is -2.09. The van der Waals surface area contributed by atoms with Gasteiger partial charge < -0.3 is 14.6 Å². The van der Waals surface area contributed by atoms with Gasteiger partial charge in [0.2, 0.25) is 0 Å². The molecule has 16 heavy (non-hydrogen) atoms. The Bertz CT molecular complexity index is 421. The topological polar surface area (TPSA) is 66.4 Å². The third-order valence-corrected chi connectivity index (χ3v) is 3.69. The van der Waals surface area contributed by atoms with Crippen LogP contribution in [-0.4, -0.2) is 11.9 Å². The summed E-state index contributed by atoms with van der Waals surface area (Å²) >= 11 is 6.20. The van der Waals surface area contributed by atoms with Crippen molar-refractivity contribution in [2.45, 2.75) is 6.42 Å². The van der Waals surface area contributed by atoms with Gasteiger partial charge in [0, 0.05) is 3.57 Å². The Hall–Kier alpha value is 0.350. The largest absolute Gasteiger partial charge is 0.550 e. The van der Waals surface area contributed by atoms with Crippen molar-refractivity contribution in [3.05, 3.63) is 22.8 Å². The van der Waals surface area contributed by atoms with E-state index < -0.39 is 18.4 Å². The SMILES string of the molecule is O=C([O-])CC(=O)Oc1c(I)cc(I)cc1I. The molecule has 0 atom stereocenters. The van der Waals surface area contributed by atoms with Crippen molar-refractivity contribution < 1.29 is 19.4 Å². The van der Waals surface area contributed by atoms with Crippen LogP contribution in [0.1, 0.15) is 6.42 Å². The lowest BCUT2D eigenvalue weighted by Crippen LogP contribution is -2.27. The van der Waals surface area contributed by atoms with Gasteiger partial charge >= 0.3 is 5.97 Å². The summed E-state index contributed by atoms with van der Waals surface area (Å²) in [5, 5.41) is 10.2. The molecule has 0 aliphatic carbocycles. The molecule has 0 N–H and O–H groups in total. The van der Waals surface area contributed by atoms with Crippen molar-refractivity contribution in [2.75, 3.05) is 0 Å². The molecule has 7 heteroatoms. The van der Waals surface area contributed by atoms with E-state index in [1.54, 1.807) is 0 Å². The minimum Gasteiger partial charge on any atom is -0.550 e. The number of benzene rings is 1. The quantitative estimate of drug-likeness (QED) is 0.245. The number of carbonyl (C=O) groups is 2. The van der Waals surface area contributed by atoms with E-state index in [0.29, 0.717) is 5.75 Å². The number of carboxylic acids is 1. The second-order valence-electron chi connectivity index (χ2n) is 2.72. The molecule has 0 aliphatic rings. The Balaban J connectivity index is 2.89. The highest BCUT2D eigenvalue weighted by atomic mass is 127. The number of aliphatic carboxylic acids is 1. The van der Waals surface area contributed by atoms with E-state index in [9.17, 15) is 14.7 Å². The van der Waals surface area contributed by atoms with Crippen LogP contribution in [0.15, 0.2) is 12.1 Å². The first-order chi connectivity index (χ1) is 7.40. The van der Waals surface area contributed by atoms with Crippen LogP contribution in [0.25, 0.3) is 0 Å². The van der Waals surface area contributed by atoms with Crippen molar-refractivity contribution in [3.8, 4) is 5.75 Å². The van der Waals surface area contributed by atoms with Gasteiger partial charge in [-0.3, -0.25) is 4.79 Å². The molecule has 4 nitrogen and oxygen atoms in total. The average molecular weight is 557 g/mol. The van der Waals surface area contributed by atoms with Gasteiger partial charge in [-0.25, -0.2) is 0 Å². The molecule has 86 valence electrons. The molecule has 0 radical (unpaired) electrons. The van der Waals surface area contributed by atoms with Crippen LogP contribution < -0.4 is 9.84 Å². The van der Waals surface area contributed by atoms with Gasteiger partial charge in [0.1, 0.15) is 0 Å². The number of esters is 1. The molecule has 0 saturated carbocycles. The van der Waals surface area contributed by atoms with E-state index in [2.05, 4.69) is 22.6 Å². The Morgan fingerprint density at radius 1 is 1.19 bits per heavy atom. The minimum absolute atomic E-state index is 0.396. The van der Waals surface area contributed by atoms with Crippen molar-refractivity contribution in [2.24, 2.45) is 0 Å². The molecule has 0 aromatic heterocycles. The highest BCUT2D eigenvalue weighted by Gasteiger charge is 2.12. The third-order valence-electron chi connectivity index (χ3n) is 1.47. The smallest absolute Gasteiger partial charge is 0.316 e. The summed E-state index contributed by atoms with van der Waals surface area (Å²) in [6, 6.07) is 3.68. The first-order valence-electron chi connectivity index (χ1n) is 3.95. The number of hydrogen-bond donors (Lipinski definition) is 0. The zero-order valence-electron chi connectivity index (χ0n) is 7.63. The lowest BCUT2D eigenvalue weighted by molar-refractivity contribution is -0.304. The van der Waals surface area contributed by atoms with Gasteiger partial charge in [-0.1, -0.05) is 0 Å². The summed E-state index contributed by atoms with van der Waals surface area (Å²) in [6.45, 7) is 0. The fourth-order valence-corrected chi connectivity index (χ4v) is 4.70. The first kappa shape index (κ1) is 14.4. The molecule has 0 spiro atoms. The molecule has 0 saturated heterocycles. The maximum absolute atomic E-state index is 11.2. The Morgan fingerprint density at radius 3 is 2.12 bits per heavy atom. The maximum Gasteiger partial charge on any atom is 0.316 e. The second-order valence-corrected chi connectivity index (χ2v) is 6.29. The van der Waals surface area contributed by atoms with Crippen molar-refractivity contribution in [1.82, 2.24) is 0 Å². The molecule has 0 amide bonds. The predicted octanol–water partition coefficient (Wildman–Crippen LogP) is 1.55. The molecular formula is C9H4I3O4-. The van der Waals surface area contributed by atoms with E-state index in [0.717, 1.165) is 10.7 Å². The van der Waals surface area contributed by atoms with Crippen molar-refractivity contribution >= 4 is 79.7 Å². The van der Waals surface area contributed by atoms with Crippen LogP contribution in [0.5, 0.6) is 5.75 Å². The van der Waals surface area contributed by atoms with E-state index in [4.69, 9.17) is 4.74 Å². The summed E-state index contributed by atoms with van der Waals surface area (Å²) in [6.07, 6.45) is -0.738. The van der Waals surface area contributed by atoms with Gasteiger partial charge in [0.25, 0.3) is 0 Å². The zero-order valence-corrected chi connectivity index (χ0v) is 14.1. The summed E-state index contributed by atoms with van der Waals surface area (Å²) in [7, 11) is 0. The molecule has 0 unspecified atom stereocenters. The number of carbonyl (C=O) groups excluding carboxylic acids is 2. The van der Waals surface area contributed by atoms with E-state index in [1.807, 2.05) is 57.3 Å². The highest BCUT2D eigenvalue weighted by Crippen LogP contribution is 2.29. The van der Waals surface area contributed by atoms with Gasteiger partial charge in [-0.05, 0) is 79.9 Å². The average Bonchev–Trinajstić information content (AvgIpc) is 2.09. The molecule has 1 aromatic rings. The van der Waals surface area contributed by atoms with Crippen molar-refractivity contribution in [3.63, 3.8) is 0 Å². The number of rotatable bonds is 3. The summed E-state index contributed by atoms with van der Waals surface area (Å²) < 4.78 is 7.51. The van der Waals surface area contributed by atoms with Crippen LogP contribution in [0, 0.1) is 10.7 Å². The van der Waals surface area contributed by atoms with E-state index >= 15 is 0 Å². The maximum atomic E-state index is 11.2. The monoisotopic (exact) mass is 557 g/mol. The van der Waals surface area contributed by atoms with Crippen LogP contribution in [0.2, 0.25) is 0 Å². The number of ether oxygens (including phenoxy) is 1. The molecular weight excluding hydrogens is 553 g/mol. The summed E-state index contributed by atoms with van der Waals surface area (Å²) in [5.74, 6) is -1.87. The minimum atomic E-state index is -1.44. The fourth-order valence-electron chi connectivity index (χ4n) is 0.894. The number of carboxylic acid groups (broad SMARTS) is 1. The van der Waals surface area contributed by atoms with Gasteiger partial charge in [-0.15, -0.1) is 0 Å². The van der Waals surface area contributed by atoms with Gasteiger partial charge in [-0.2, -0.15) is 0 Å². The summed E-state index contributed by atoms with van der Waals surface area (Å²) in [5.41, 5.74) is 0. The highest BCUT2D eigenvalue weighted by molar-refractivity contribution is 14.1. The van der Waals surface area contributed by atoms with E-state index in [-0.39, 0.29) is 0 Å². The third kappa shape index (κ3) is 4.31. The molecule has 0 fully saturated rings. The van der Waals surface area contributed by atoms with Crippen LogP contribution in [0.4, 0.5) is 0 Å². The van der Waals surface area contributed by atoms with Crippen LogP contribution in [-0.2, 0) is 9.59 Å². The molecule has 1 rings (SSSR count). The van der Waals surface area contributed by atoms with E-state index in [1.165, 1.54) is 0 Å².